The predicted molar refractivity (Wildman–Crippen MR) is 74.3 cm³/mol. The molecule has 0 aromatic carbocycles. The molecule has 0 aromatic rings. The molecule has 0 aliphatic rings. The van der Waals surface area contributed by atoms with Crippen molar-refractivity contribution in [2.24, 2.45) is 0 Å². The van der Waals surface area contributed by atoms with Crippen molar-refractivity contribution in [3.05, 3.63) is 0 Å². The van der Waals surface area contributed by atoms with Gasteiger partial charge in [-0.15, -0.1) is 0 Å². The van der Waals surface area contributed by atoms with Crippen LogP contribution >= 0.6 is 0 Å². The minimum Gasteiger partial charge on any atom is -0.0774 e. The highest BCUT2D eigenvalue weighted by atomic mass is 13.9. The summed E-state index contributed by atoms with van der Waals surface area (Å²) in [5.74, 6) is 0. The smallest absolute Gasteiger partial charge is 0.0774 e. The van der Waals surface area contributed by atoms with E-state index < -0.39 is 0 Å². The molecule has 15 heavy (non-hydrogen) atoms. The van der Waals surface area contributed by atoms with Gasteiger partial charge in [0.1, 0.15) is 7.28 Å². The number of unbranched alkanes of at least 4 members (excludes halogenated alkanes) is 8. The second-order valence-electron chi connectivity index (χ2n) is 4.89. The highest BCUT2D eigenvalue weighted by Gasteiger charge is 1.93. The maximum absolute atomic E-state index is 2.29. The van der Waals surface area contributed by atoms with Gasteiger partial charge in [-0.1, -0.05) is 90.7 Å². The number of hydrogen-bond acceptors (Lipinski definition) is 0. The van der Waals surface area contributed by atoms with E-state index in [2.05, 4.69) is 13.8 Å². The van der Waals surface area contributed by atoms with Crippen molar-refractivity contribution in [2.75, 3.05) is 0 Å². The molecule has 0 bridgehead atoms. The molecule has 0 aliphatic carbocycles. The van der Waals surface area contributed by atoms with Crippen molar-refractivity contribution < 1.29 is 0 Å². The highest BCUT2D eigenvalue weighted by Crippen LogP contribution is 2.08. The standard InChI is InChI=1S/C14H31B/c1-3-5-7-9-11-13-15-14-12-10-8-6-4-2/h15H,3-14H2,1-2H3. The van der Waals surface area contributed by atoms with E-state index in [1.165, 1.54) is 84.1 Å². The molecule has 0 nitrogen and oxygen atoms in total. The maximum Gasteiger partial charge on any atom is 0.120 e. The van der Waals surface area contributed by atoms with Gasteiger partial charge in [0.2, 0.25) is 0 Å². The molecule has 1 heteroatoms. The molecule has 90 valence electrons. The summed E-state index contributed by atoms with van der Waals surface area (Å²) in [7, 11) is 1.48. The van der Waals surface area contributed by atoms with E-state index in [4.69, 9.17) is 0 Å². The average molecular weight is 210 g/mol. The molecule has 0 fully saturated rings. The summed E-state index contributed by atoms with van der Waals surface area (Å²) >= 11 is 0. The Morgan fingerprint density at radius 2 is 0.933 bits per heavy atom. The first-order valence-corrected chi connectivity index (χ1v) is 7.41. The molecule has 0 aliphatic heterocycles. The van der Waals surface area contributed by atoms with E-state index >= 15 is 0 Å². The monoisotopic (exact) mass is 210 g/mol. The van der Waals surface area contributed by atoms with Gasteiger partial charge in [-0.05, 0) is 0 Å². The van der Waals surface area contributed by atoms with Crippen LogP contribution in [0.25, 0.3) is 0 Å². The van der Waals surface area contributed by atoms with Crippen LogP contribution in [-0.4, -0.2) is 7.28 Å². The van der Waals surface area contributed by atoms with E-state index in [1.54, 1.807) is 0 Å². The molecular formula is C14H31B. The summed E-state index contributed by atoms with van der Waals surface area (Å²) in [5, 5.41) is 0. The lowest BCUT2D eigenvalue weighted by molar-refractivity contribution is 0.647. The lowest BCUT2D eigenvalue weighted by Crippen LogP contribution is -1.90. The van der Waals surface area contributed by atoms with Gasteiger partial charge in [0, 0.05) is 0 Å². The van der Waals surface area contributed by atoms with Crippen LogP contribution < -0.4 is 0 Å². The van der Waals surface area contributed by atoms with E-state index in [0.717, 1.165) is 0 Å². The third-order valence-electron chi connectivity index (χ3n) is 3.21. The quantitative estimate of drug-likeness (QED) is 0.307. The average Bonchev–Trinajstić information content (AvgIpc) is 2.26. The van der Waals surface area contributed by atoms with E-state index in [-0.39, 0.29) is 0 Å². The largest absolute Gasteiger partial charge is 0.120 e. The fourth-order valence-corrected chi connectivity index (χ4v) is 2.09. The third-order valence-corrected chi connectivity index (χ3v) is 3.21. The van der Waals surface area contributed by atoms with Gasteiger partial charge in [-0.25, -0.2) is 0 Å². The van der Waals surface area contributed by atoms with Crippen molar-refractivity contribution in [1.82, 2.24) is 0 Å². The Bertz CT molecular complexity index is 89.5. The number of hydrogen-bond donors (Lipinski definition) is 0. The highest BCUT2D eigenvalue weighted by molar-refractivity contribution is 6.35. The Hall–Kier alpha value is 0.0649. The Morgan fingerprint density at radius 1 is 0.533 bits per heavy atom. The van der Waals surface area contributed by atoms with E-state index in [9.17, 15) is 0 Å². The van der Waals surface area contributed by atoms with Crippen LogP contribution in [0.3, 0.4) is 0 Å². The zero-order valence-corrected chi connectivity index (χ0v) is 11.2. The van der Waals surface area contributed by atoms with Crippen LogP contribution in [0.15, 0.2) is 0 Å². The zero-order chi connectivity index (χ0) is 11.2. The summed E-state index contributed by atoms with van der Waals surface area (Å²) in [4.78, 5) is 0. The molecule has 0 unspecified atom stereocenters. The van der Waals surface area contributed by atoms with Gasteiger partial charge in [-0.2, -0.15) is 0 Å². The van der Waals surface area contributed by atoms with Gasteiger partial charge in [0.15, 0.2) is 0 Å². The second-order valence-corrected chi connectivity index (χ2v) is 4.89. The van der Waals surface area contributed by atoms with Crippen molar-refractivity contribution >= 4 is 7.28 Å². The van der Waals surface area contributed by atoms with Crippen LogP contribution in [-0.2, 0) is 0 Å². The second kappa shape index (κ2) is 14.1. The summed E-state index contributed by atoms with van der Waals surface area (Å²) in [6.07, 6.45) is 17.4. The minimum absolute atomic E-state index is 1.37. The van der Waals surface area contributed by atoms with Crippen molar-refractivity contribution in [1.29, 1.82) is 0 Å². The van der Waals surface area contributed by atoms with Crippen LogP contribution in [0.4, 0.5) is 0 Å². The molecule has 0 rings (SSSR count). The Kier molecular flexibility index (Phi) is 14.1. The van der Waals surface area contributed by atoms with Crippen LogP contribution in [0, 0.1) is 0 Å². The SMILES string of the molecule is CCCCCCCBCCCCCCC. The van der Waals surface area contributed by atoms with Gasteiger partial charge < -0.3 is 0 Å². The summed E-state index contributed by atoms with van der Waals surface area (Å²) in [6.45, 7) is 4.58. The maximum atomic E-state index is 2.29. The van der Waals surface area contributed by atoms with Crippen LogP contribution in [0.2, 0.25) is 12.6 Å². The van der Waals surface area contributed by atoms with Crippen molar-refractivity contribution in [3.63, 3.8) is 0 Å². The summed E-state index contributed by atoms with van der Waals surface area (Å²) in [6, 6.07) is 0. The molecule has 0 saturated carbocycles. The first kappa shape index (κ1) is 15.1. The minimum atomic E-state index is 1.37. The van der Waals surface area contributed by atoms with Gasteiger partial charge >= 0.3 is 0 Å². The zero-order valence-electron chi connectivity index (χ0n) is 11.2. The fourth-order valence-electron chi connectivity index (χ4n) is 2.09. The molecule has 0 atom stereocenters. The lowest BCUT2D eigenvalue weighted by Gasteiger charge is -2.00. The first-order valence-electron chi connectivity index (χ1n) is 7.41. The van der Waals surface area contributed by atoms with Crippen molar-refractivity contribution in [3.8, 4) is 0 Å². The van der Waals surface area contributed by atoms with Gasteiger partial charge in [-0.3, -0.25) is 0 Å². The summed E-state index contributed by atoms with van der Waals surface area (Å²) < 4.78 is 0. The fraction of sp³-hybridized carbons (Fsp3) is 1.00. The van der Waals surface area contributed by atoms with Crippen molar-refractivity contribution in [2.45, 2.75) is 90.7 Å². The molecule has 0 saturated heterocycles. The van der Waals surface area contributed by atoms with E-state index in [1.807, 2.05) is 0 Å². The Morgan fingerprint density at radius 3 is 1.33 bits per heavy atom. The molecule has 0 amide bonds. The normalized spacial score (nSPS) is 10.5. The summed E-state index contributed by atoms with van der Waals surface area (Å²) in [5.41, 5.74) is 0. The molecule has 0 radical (unpaired) electrons. The van der Waals surface area contributed by atoms with Crippen LogP contribution in [0.1, 0.15) is 78.1 Å². The Labute approximate surface area is 98.5 Å². The Balaban J connectivity index is 2.81. The molecule has 0 heterocycles. The lowest BCUT2D eigenvalue weighted by atomic mass is 9.68. The van der Waals surface area contributed by atoms with Gasteiger partial charge in [0.05, 0.1) is 0 Å². The van der Waals surface area contributed by atoms with Gasteiger partial charge in [0.25, 0.3) is 0 Å². The third kappa shape index (κ3) is 14.1. The first-order chi connectivity index (χ1) is 7.41. The van der Waals surface area contributed by atoms with Crippen LogP contribution in [0.5, 0.6) is 0 Å². The topological polar surface area (TPSA) is 0 Å². The van der Waals surface area contributed by atoms with E-state index in [0.29, 0.717) is 0 Å². The molecular weight excluding hydrogens is 179 g/mol. The molecule has 0 N–H and O–H groups in total. The molecule has 0 spiro atoms. The number of rotatable bonds is 12. The predicted octanol–water partition coefficient (Wildman–Crippen LogP) is 5.20. The molecule has 0 aromatic heterocycles.